The summed E-state index contributed by atoms with van der Waals surface area (Å²) in [5, 5.41) is 8.38. The average molecular weight is 137 g/mol. The number of nitrogens with zero attached hydrogens (tertiary/aromatic N) is 1. The Kier molecular flexibility index (Phi) is 2.32. The van der Waals surface area contributed by atoms with Gasteiger partial charge in [-0.05, 0) is 30.6 Å². The first-order valence-electron chi connectivity index (χ1n) is 4.11. The van der Waals surface area contributed by atoms with Gasteiger partial charge in [0.15, 0.2) is 0 Å². The van der Waals surface area contributed by atoms with E-state index in [1.54, 1.807) is 0 Å². The highest BCUT2D eigenvalue weighted by atomic mass is 14.4. The largest absolute Gasteiger partial charge is 0.198 e. The van der Waals surface area contributed by atoms with E-state index < -0.39 is 0 Å². The molecule has 0 aromatic carbocycles. The maximum absolute atomic E-state index is 8.38. The van der Waals surface area contributed by atoms with Crippen LogP contribution in [0.5, 0.6) is 0 Å². The Balaban J connectivity index is 2.13. The predicted molar refractivity (Wildman–Crippen MR) is 41.3 cm³/mol. The zero-order chi connectivity index (χ0) is 7.56. The fourth-order valence-corrected chi connectivity index (χ4v) is 1.63. The zero-order valence-electron chi connectivity index (χ0n) is 6.80. The molecule has 1 aliphatic carbocycles. The molecule has 10 heavy (non-hydrogen) atoms. The summed E-state index contributed by atoms with van der Waals surface area (Å²) in [6.07, 6.45) is 3.37. The Bertz CT molecular complexity index is 137. The summed E-state index contributed by atoms with van der Waals surface area (Å²) in [4.78, 5) is 0. The maximum atomic E-state index is 8.38. The first kappa shape index (κ1) is 7.60. The summed E-state index contributed by atoms with van der Waals surface area (Å²) in [6, 6.07) is 2.23. The van der Waals surface area contributed by atoms with Crippen LogP contribution in [-0.2, 0) is 0 Å². The van der Waals surface area contributed by atoms with Gasteiger partial charge < -0.3 is 0 Å². The van der Waals surface area contributed by atoms with Crippen molar-refractivity contribution < 1.29 is 0 Å². The van der Waals surface area contributed by atoms with E-state index in [1.807, 2.05) is 0 Å². The average Bonchev–Trinajstić information content (AvgIpc) is 1.76. The van der Waals surface area contributed by atoms with Gasteiger partial charge in [-0.2, -0.15) is 5.26 Å². The number of nitriles is 1. The van der Waals surface area contributed by atoms with Gasteiger partial charge in [-0.3, -0.25) is 0 Å². The van der Waals surface area contributed by atoms with E-state index in [0.717, 1.165) is 24.2 Å². The topological polar surface area (TPSA) is 23.8 Å². The minimum atomic E-state index is 0.734. The van der Waals surface area contributed by atoms with E-state index in [9.17, 15) is 0 Å². The van der Waals surface area contributed by atoms with Gasteiger partial charge in [-0.15, -0.1) is 0 Å². The van der Waals surface area contributed by atoms with Crippen LogP contribution in [0.25, 0.3) is 0 Å². The summed E-state index contributed by atoms with van der Waals surface area (Å²) in [5.74, 6) is 2.48. The van der Waals surface area contributed by atoms with Gasteiger partial charge in [0.2, 0.25) is 0 Å². The summed E-state index contributed by atoms with van der Waals surface area (Å²) >= 11 is 0. The molecule has 1 nitrogen and oxygen atoms in total. The zero-order valence-corrected chi connectivity index (χ0v) is 6.80. The molecule has 1 aliphatic rings. The third-order valence-corrected chi connectivity index (χ3v) is 2.59. The maximum Gasteiger partial charge on any atom is 0.0624 e. The third-order valence-electron chi connectivity index (χ3n) is 2.59. The van der Waals surface area contributed by atoms with Crippen molar-refractivity contribution in [2.45, 2.75) is 33.1 Å². The van der Waals surface area contributed by atoms with Crippen LogP contribution >= 0.6 is 0 Å². The molecule has 0 N–H and O–H groups in total. The summed E-state index contributed by atoms with van der Waals surface area (Å²) in [6.45, 7) is 4.54. The smallest absolute Gasteiger partial charge is 0.0624 e. The van der Waals surface area contributed by atoms with Gasteiger partial charge in [0.1, 0.15) is 0 Å². The minimum absolute atomic E-state index is 0.734. The lowest BCUT2D eigenvalue weighted by Gasteiger charge is -2.36. The SMILES string of the molecule is CC(C)C1CC(CC#N)C1. The molecular formula is C9H15N. The molecule has 1 heteroatoms. The van der Waals surface area contributed by atoms with Gasteiger partial charge in [0.05, 0.1) is 6.07 Å². The van der Waals surface area contributed by atoms with Gasteiger partial charge in [0.25, 0.3) is 0 Å². The fraction of sp³-hybridized carbons (Fsp3) is 0.889. The van der Waals surface area contributed by atoms with Crippen LogP contribution in [0.4, 0.5) is 0 Å². The highest BCUT2D eigenvalue weighted by molar-refractivity contribution is 4.87. The molecule has 0 atom stereocenters. The molecule has 0 aromatic rings. The first-order chi connectivity index (χ1) is 4.74. The van der Waals surface area contributed by atoms with Crippen molar-refractivity contribution in [3.8, 4) is 6.07 Å². The van der Waals surface area contributed by atoms with E-state index in [1.165, 1.54) is 12.8 Å². The van der Waals surface area contributed by atoms with Crippen LogP contribution in [0.2, 0.25) is 0 Å². The lowest BCUT2D eigenvalue weighted by molar-refractivity contribution is 0.145. The molecule has 0 aromatic heterocycles. The van der Waals surface area contributed by atoms with Crippen LogP contribution in [-0.4, -0.2) is 0 Å². The molecule has 0 radical (unpaired) electrons. The second kappa shape index (κ2) is 3.05. The van der Waals surface area contributed by atoms with Gasteiger partial charge in [-0.25, -0.2) is 0 Å². The fourth-order valence-electron chi connectivity index (χ4n) is 1.63. The van der Waals surface area contributed by atoms with Crippen molar-refractivity contribution in [3.05, 3.63) is 0 Å². The number of hydrogen-bond acceptors (Lipinski definition) is 1. The second-order valence-corrected chi connectivity index (χ2v) is 3.70. The molecule has 1 saturated carbocycles. The van der Waals surface area contributed by atoms with Crippen molar-refractivity contribution in [1.29, 1.82) is 5.26 Å². The summed E-state index contributed by atoms with van der Waals surface area (Å²) < 4.78 is 0. The van der Waals surface area contributed by atoms with Crippen molar-refractivity contribution in [3.63, 3.8) is 0 Å². The molecule has 0 heterocycles. The molecule has 1 rings (SSSR count). The third kappa shape index (κ3) is 1.50. The Morgan fingerprint density at radius 1 is 1.50 bits per heavy atom. The highest BCUT2D eigenvalue weighted by Crippen LogP contribution is 2.40. The van der Waals surface area contributed by atoms with E-state index in [0.29, 0.717) is 0 Å². The van der Waals surface area contributed by atoms with E-state index in [4.69, 9.17) is 5.26 Å². The predicted octanol–water partition coefficient (Wildman–Crippen LogP) is 2.58. The molecule has 0 unspecified atom stereocenters. The molecule has 0 aliphatic heterocycles. The van der Waals surface area contributed by atoms with Crippen molar-refractivity contribution >= 4 is 0 Å². The van der Waals surface area contributed by atoms with E-state index in [-0.39, 0.29) is 0 Å². The Labute approximate surface area is 63.0 Å². The standard InChI is InChI=1S/C9H15N/c1-7(2)9-5-8(6-9)3-4-10/h7-9H,3,5-6H2,1-2H3. The highest BCUT2D eigenvalue weighted by Gasteiger charge is 2.30. The lowest BCUT2D eigenvalue weighted by Crippen LogP contribution is -2.27. The minimum Gasteiger partial charge on any atom is -0.198 e. The second-order valence-electron chi connectivity index (χ2n) is 3.70. The quantitative estimate of drug-likeness (QED) is 0.574. The monoisotopic (exact) mass is 137 g/mol. The van der Waals surface area contributed by atoms with Crippen LogP contribution in [0.1, 0.15) is 33.1 Å². The van der Waals surface area contributed by atoms with Crippen molar-refractivity contribution in [2.24, 2.45) is 17.8 Å². The first-order valence-corrected chi connectivity index (χ1v) is 4.11. The Hall–Kier alpha value is -0.510. The summed E-state index contributed by atoms with van der Waals surface area (Å²) in [5.41, 5.74) is 0. The number of rotatable bonds is 2. The van der Waals surface area contributed by atoms with Crippen molar-refractivity contribution in [1.82, 2.24) is 0 Å². The lowest BCUT2D eigenvalue weighted by atomic mass is 9.68. The normalized spacial score (nSPS) is 31.4. The Morgan fingerprint density at radius 3 is 2.50 bits per heavy atom. The van der Waals surface area contributed by atoms with Gasteiger partial charge >= 0.3 is 0 Å². The van der Waals surface area contributed by atoms with Crippen LogP contribution in [0, 0.1) is 29.1 Å². The molecule has 0 amide bonds. The molecule has 0 saturated heterocycles. The van der Waals surface area contributed by atoms with Crippen LogP contribution in [0.15, 0.2) is 0 Å². The molecule has 0 spiro atoms. The molecule has 0 bridgehead atoms. The molecule has 1 fully saturated rings. The van der Waals surface area contributed by atoms with Crippen LogP contribution in [0.3, 0.4) is 0 Å². The van der Waals surface area contributed by atoms with E-state index >= 15 is 0 Å². The van der Waals surface area contributed by atoms with Gasteiger partial charge in [-0.1, -0.05) is 13.8 Å². The van der Waals surface area contributed by atoms with Crippen molar-refractivity contribution in [2.75, 3.05) is 0 Å². The molecular weight excluding hydrogens is 122 g/mol. The summed E-state index contributed by atoms with van der Waals surface area (Å²) in [7, 11) is 0. The number of hydrogen-bond donors (Lipinski definition) is 0. The van der Waals surface area contributed by atoms with E-state index in [2.05, 4.69) is 19.9 Å². The van der Waals surface area contributed by atoms with Gasteiger partial charge in [0, 0.05) is 6.42 Å². The van der Waals surface area contributed by atoms with Crippen LogP contribution < -0.4 is 0 Å². The molecule has 56 valence electrons. The Morgan fingerprint density at radius 2 is 2.10 bits per heavy atom.